The van der Waals surface area contributed by atoms with Gasteiger partial charge in [-0.05, 0) is 31.0 Å². The van der Waals surface area contributed by atoms with Crippen molar-refractivity contribution in [3.8, 4) is 0 Å². The topological polar surface area (TPSA) is 67.5 Å². The second-order valence-corrected chi connectivity index (χ2v) is 5.04. The maximum Gasteiger partial charge on any atom is 0.335 e. The van der Waals surface area contributed by atoms with Crippen molar-refractivity contribution in [2.24, 2.45) is 0 Å². The van der Waals surface area contributed by atoms with Gasteiger partial charge in [-0.2, -0.15) is 5.10 Å². The van der Waals surface area contributed by atoms with Crippen molar-refractivity contribution >= 4 is 11.6 Å². The maximum absolute atomic E-state index is 10.9. The van der Waals surface area contributed by atoms with Crippen LogP contribution in [0.3, 0.4) is 0 Å². The van der Waals surface area contributed by atoms with Crippen molar-refractivity contribution < 1.29 is 9.90 Å². The molecule has 0 aliphatic heterocycles. The third kappa shape index (κ3) is 2.91. The van der Waals surface area contributed by atoms with Crippen LogP contribution in [0, 0.1) is 6.92 Å². The summed E-state index contributed by atoms with van der Waals surface area (Å²) in [6, 6.07) is 11.4. The van der Waals surface area contributed by atoms with Gasteiger partial charge in [0.2, 0.25) is 0 Å². The van der Waals surface area contributed by atoms with E-state index in [9.17, 15) is 4.79 Å². The van der Waals surface area contributed by atoms with Crippen LogP contribution in [0.2, 0.25) is 0 Å². The number of rotatable bonds is 4. The number of carbonyl (C=O) groups is 1. The molecule has 1 aromatic carbocycles. The van der Waals surface area contributed by atoms with E-state index in [-0.39, 0.29) is 5.56 Å². The number of aromatic carboxylic acids is 1. The second kappa shape index (κ2) is 5.36. The summed E-state index contributed by atoms with van der Waals surface area (Å²) in [6.45, 7) is 2.06. The summed E-state index contributed by atoms with van der Waals surface area (Å²) in [4.78, 5) is 15.3. The second-order valence-electron chi connectivity index (χ2n) is 5.04. The lowest BCUT2D eigenvalue weighted by molar-refractivity contribution is 0.0697. The quantitative estimate of drug-likeness (QED) is 0.798. The number of aromatic nitrogens is 3. The third-order valence-corrected chi connectivity index (χ3v) is 3.39. The lowest BCUT2D eigenvalue weighted by atomic mass is 10.1. The van der Waals surface area contributed by atoms with Crippen LogP contribution in [0.15, 0.2) is 42.6 Å². The number of hydrogen-bond acceptors (Lipinski definition) is 3. The van der Waals surface area contributed by atoms with Gasteiger partial charge in [0.05, 0.1) is 5.56 Å². The molecular formula is C16H15N3O2. The molecule has 3 rings (SSSR count). The normalized spacial score (nSPS) is 10.9. The number of benzene rings is 1. The molecule has 5 heteroatoms. The van der Waals surface area contributed by atoms with E-state index >= 15 is 0 Å². The van der Waals surface area contributed by atoms with Crippen molar-refractivity contribution in [3.05, 3.63) is 65.1 Å². The van der Waals surface area contributed by atoms with Crippen LogP contribution in [0.25, 0.3) is 5.65 Å². The summed E-state index contributed by atoms with van der Waals surface area (Å²) in [5, 5.41) is 13.3. The standard InChI is InChI=1S/C16H15N3O2/c1-11-2-4-12(5-3-11)6-7-14-17-15-10-13(16(20)21)8-9-19(15)18-14/h2-5,8-10H,6-7H2,1H3,(H,20,21). The highest BCUT2D eigenvalue weighted by molar-refractivity contribution is 5.88. The molecule has 0 aliphatic carbocycles. The fraction of sp³-hybridized carbons (Fsp3) is 0.188. The molecule has 0 radical (unpaired) electrons. The Morgan fingerprint density at radius 2 is 1.95 bits per heavy atom. The molecule has 0 atom stereocenters. The highest BCUT2D eigenvalue weighted by Gasteiger charge is 2.08. The zero-order valence-corrected chi connectivity index (χ0v) is 11.7. The molecule has 3 aromatic rings. The SMILES string of the molecule is Cc1ccc(CCc2nc3cc(C(=O)O)ccn3n2)cc1. The first kappa shape index (κ1) is 13.3. The van der Waals surface area contributed by atoms with Crippen molar-refractivity contribution in [2.45, 2.75) is 19.8 Å². The van der Waals surface area contributed by atoms with Crippen LogP contribution in [0.4, 0.5) is 0 Å². The van der Waals surface area contributed by atoms with Crippen LogP contribution in [0.1, 0.15) is 27.3 Å². The molecule has 21 heavy (non-hydrogen) atoms. The van der Waals surface area contributed by atoms with E-state index in [1.54, 1.807) is 10.7 Å². The Morgan fingerprint density at radius 3 is 2.67 bits per heavy atom. The molecule has 0 amide bonds. The van der Waals surface area contributed by atoms with E-state index in [0.717, 1.165) is 18.7 Å². The Hall–Kier alpha value is -2.69. The molecule has 2 aromatic heterocycles. The van der Waals surface area contributed by atoms with Gasteiger partial charge < -0.3 is 5.11 Å². The number of pyridine rings is 1. The van der Waals surface area contributed by atoms with E-state index in [1.807, 2.05) is 0 Å². The Labute approximate surface area is 121 Å². The fourth-order valence-electron chi connectivity index (χ4n) is 2.18. The summed E-state index contributed by atoms with van der Waals surface area (Å²) in [7, 11) is 0. The fourth-order valence-corrected chi connectivity index (χ4v) is 2.18. The van der Waals surface area contributed by atoms with Crippen LogP contribution in [-0.2, 0) is 12.8 Å². The first-order valence-electron chi connectivity index (χ1n) is 6.76. The lowest BCUT2D eigenvalue weighted by Gasteiger charge is -1.99. The molecule has 0 spiro atoms. The van der Waals surface area contributed by atoms with E-state index in [2.05, 4.69) is 41.3 Å². The first-order valence-corrected chi connectivity index (χ1v) is 6.76. The maximum atomic E-state index is 10.9. The molecule has 2 heterocycles. The molecule has 5 nitrogen and oxygen atoms in total. The van der Waals surface area contributed by atoms with Gasteiger partial charge in [-0.1, -0.05) is 29.8 Å². The minimum atomic E-state index is -0.957. The minimum absolute atomic E-state index is 0.222. The molecule has 0 fully saturated rings. The summed E-state index contributed by atoms with van der Waals surface area (Å²) in [5.41, 5.74) is 3.27. The average Bonchev–Trinajstić information content (AvgIpc) is 2.88. The monoisotopic (exact) mass is 281 g/mol. The van der Waals surface area contributed by atoms with Gasteiger partial charge >= 0.3 is 5.97 Å². The lowest BCUT2D eigenvalue weighted by Crippen LogP contribution is -1.98. The van der Waals surface area contributed by atoms with Crippen molar-refractivity contribution in [1.29, 1.82) is 0 Å². The van der Waals surface area contributed by atoms with E-state index in [1.165, 1.54) is 23.3 Å². The molecule has 106 valence electrons. The Kier molecular flexibility index (Phi) is 3.39. The smallest absolute Gasteiger partial charge is 0.335 e. The van der Waals surface area contributed by atoms with E-state index < -0.39 is 5.97 Å². The van der Waals surface area contributed by atoms with Gasteiger partial charge in [0, 0.05) is 12.6 Å². The van der Waals surface area contributed by atoms with Crippen LogP contribution in [-0.4, -0.2) is 25.7 Å². The average molecular weight is 281 g/mol. The largest absolute Gasteiger partial charge is 0.478 e. The first-order chi connectivity index (χ1) is 10.1. The Morgan fingerprint density at radius 1 is 1.19 bits per heavy atom. The van der Waals surface area contributed by atoms with Crippen LogP contribution < -0.4 is 0 Å². The molecule has 0 bridgehead atoms. The number of carboxylic acid groups (broad SMARTS) is 1. The number of hydrogen-bond donors (Lipinski definition) is 1. The summed E-state index contributed by atoms with van der Waals surface area (Å²) >= 11 is 0. The van der Waals surface area contributed by atoms with Gasteiger partial charge in [0.15, 0.2) is 11.5 Å². The molecule has 0 saturated heterocycles. The van der Waals surface area contributed by atoms with E-state index in [4.69, 9.17) is 5.11 Å². The minimum Gasteiger partial charge on any atom is -0.478 e. The van der Waals surface area contributed by atoms with Crippen molar-refractivity contribution in [1.82, 2.24) is 14.6 Å². The van der Waals surface area contributed by atoms with Gasteiger partial charge in [0.1, 0.15) is 0 Å². The molecular weight excluding hydrogens is 266 g/mol. The predicted molar refractivity (Wildman–Crippen MR) is 78.5 cm³/mol. The van der Waals surface area contributed by atoms with Crippen LogP contribution in [0.5, 0.6) is 0 Å². The number of aryl methyl sites for hydroxylation is 3. The van der Waals surface area contributed by atoms with Gasteiger partial charge in [0.25, 0.3) is 0 Å². The molecule has 0 aliphatic rings. The molecule has 0 saturated carbocycles. The number of carboxylic acids is 1. The zero-order valence-electron chi connectivity index (χ0n) is 11.7. The number of fused-ring (bicyclic) bond motifs is 1. The highest BCUT2D eigenvalue weighted by atomic mass is 16.4. The van der Waals surface area contributed by atoms with Crippen molar-refractivity contribution in [3.63, 3.8) is 0 Å². The van der Waals surface area contributed by atoms with Gasteiger partial charge in [-0.15, -0.1) is 0 Å². The highest BCUT2D eigenvalue weighted by Crippen LogP contribution is 2.09. The van der Waals surface area contributed by atoms with Gasteiger partial charge in [-0.3, -0.25) is 0 Å². The third-order valence-electron chi connectivity index (χ3n) is 3.39. The Bertz CT molecular complexity index is 791. The summed E-state index contributed by atoms with van der Waals surface area (Å²) in [6.07, 6.45) is 3.22. The zero-order chi connectivity index (χ0) is 14.8. The van der Waals surface area contributed by atoms with Crippen LogP contribution >= 0.6 is 0 Å². The predicted octanol–water partition coefficient (Wildman–Crippen LogP) is 2.52. The summed E-state index contributed by atoms with van der Waals surface area (Å²) < 4.78 is 1.61. The number of nitrogens with zero attached hydrogens (tertiary/aromatic N) is 3. The van der Waals surface area contributed by atoms with Crippen molar-refractivity contribution in [2.75, 3.05) is 0 Å². The molecule has 0 unspecified atom stereocenters. The Balaban J connectivity index is 1.78. The summed E-state index contributed by atoms with van der Waals surface area (Å²) in [5.74, 6) is -0.236. The van der Waals surface area contributed by atoms with E-state index in [0.29, 0.717) is 5.65 Å². The molecule has 1 N–H and O–H groups in total. The van der Waals surface area contributed by atoms with Gasteiger partial charge in [-0.25, -0.2) is 14.3 Å².